The SMILES string of the molecule is CC.CO[NH2+]c1cc(C)cc(C(=O)O)c1. The van der Waals surface area contributed by atoms with Gasteiger partial charge in [0.05, 0.1) is 12.7 Å². The van der Waals surface area contributed by atoms with Crippen LogP contribution in [0.1, 0.15) is 29.8 Å². The number of aryl methyl sites for hydroxylation is 1. The molecular formula is C11H18NO3+. The predicted molar refractivity (Wildman–Crippen MR) is 58.1 cm³/mol. The lowest BCUT2D eigenvalue weighted by Crippen LogP contribution is -2.76. The standard InChI is InChI=1S/C9H11NO3.C2H6/c1-6-3-7(9(11)12)5-8(4-6)10-13-2;1-2/h3-5,10H,1-2H3,(H,11,12);1-2H3/p+1. The molecule has 0 aromatic heterocycles. The van der Waals surface area contributed by atoms with Crippen molar-refractivity contribution in [2.24, 2.45) is 0 Å². The van der Waals surface area contributed by atoms with Crippen LogP contribution < -0.4 is 5.48 Å². The summed E-state index contributed by atoms with van der Waals surface area (Å²) in [7, 11) is 1.53. The summed E-state index contributed by atoms with van der Waals surface area (Å²) in [6, 6.07) is 5.05. The van der Waals surface area contributed by atoms with Gasteiger partial charge in [0.25, 0.3) is 0 Å². The maximum absolute atomic E-state index is 10.7. The maximum Gasteiger partial charge on any atom is 0.335 e. The van der Waals surface area contributed by atoms with Gasteiger partial charge in [-0.3, -0.25) is 0 Å². The third-order valence-corrected chi connectivity index (χ3v) is 1.60. The number of hydrogen-bond donors (Lipinski definition) is 2. The molecule has 3 N–H and O–H groups in total. The first-order valence-corrected chi connectivity index (χ1v) is 4.84. The second-order valence-corrected chi connectivity index (χ2v) is 2.79. The van der Waals surface area contributed by atoms with Crippen molar-refractivity contribution in [3.63, 3.8) is 0 Å². The molecule has 0 bridgehead atoms. The Bertz CT molecular complexity index is 324. The molecule has 0 spiro atoms. The van der Waals surface area contributed by atoms with Crippen LogP contribution in [-0.2, 0) is 4.84 Å². The van der Waals surface area contributed by atoms with Crippen molar-refractivity contribution < 1.29 is 20.2 Å². The Morgan fingerprint density at radius 3 is 2.40 bits per heavy atom. The van der Waals surface area contributed by atoms with E-state index in [1.807, 2.05) is 26.8 Å². The Morgan fingerprint density at radius 2 is 1.93 bits per heavy atom. The molecule has 0 aliphatic rings. The first-order valence-electron chi connectivity index (χ1n) is 4.84. The minimum atomic E-state index is -0.922. The zero-order valence-electron chi connectivity index (χ0n) is 9.57. The van der Waals surface area contributed by atoms with Crippen LogP contribution in [0.15, 0.2) is 18.2 Å². The van der Waals surface area contributed by atoms with E-state index in [-0.39, 0.29) is 5.56 Å². The normalized spacial score (nSPS) is 9.07. The number of rotatable bonds is 3. The summed E-state index contributed by atoms with van der Waals surface area (Å²) in [6.45, 7) is 5.85. The molecule has 0 amide bonds. The predicted octanol–water partition coefficient (Wildman–Crippen LogP) is 1.48. The fourth-order valence-corrected chi connectivity index (χ4v) is 1.14. The summed E-state index contributed by atoms with van der Waals surface area (Å²) >= 11 is 0. The Balaban J connectivity index is 0.000000921. The van der Waals surface area contributed by atoms with Crippen LogP contribution in [-0.4, -0.2) is 18.2 Å². The van der Waals surface area contributed by atoms with Gasteiger partial charge in [0.2, 0.25) is 0 Å². The molecule has 0 fully saturated rings. The molecule has 1 rings (SSSR count). The third kappa shape index (κ3) is 4.58. The minimum Gasteiger partial charge on any atom is -0.478 e. The smallest absolute Gasteiger partial charge is 0.335 e. The van der Waals surface area contributed by atoms with E-state index in [0.29, 0.717) is 0 Å². The molecule has 0 aliphatic heterocycles. The minimum absolute atomic E-state index is 0.281. The van der Waals surface area contributed by atoms with Gasteiger partial charge in [-0.05, 0) is 18.6 Å². The van der Waals surface area contributed by atoms with Crippen LogP contribution in [0.2, 0.25) is 0 Å². The average molecular weight is 212 g/mol. The van der Waals surface area contributed by atoms with Gasteiger partial charge in [-0.1, -0.05) is 13.8 Å². The van der Waals surface area contributed by atoms with Gasteiger partial charge in [-0.15, -0.1) is 0 Å². The second-order valence-electron chi connectivity index (χ2n) is 2.79. The number of benzene rings is 1. The van der Waals surface area contributed by atoms with E-state index in [4.69, 9.17) is 9.94 Å². The number of nitrogens with two attached hydrogens (primary N) is 1. The summed E-state index contributed by atoms with van der Waals surface area (Å²) in [4.78, 5) is 15.5. The average Bonchev–Trinajstić information content (AvgIpc) is 2.20. The molecule has 0 atom stereocenters. The molecule has 0 aliphatic carbocycles. The van der Waals surface area contributed by atoms with Gasteiger partial charge in [-0.2, -0.15) is 5.48 Å². The summed E-state index contributed by atoms with van der Waals surface area (Å²) in [5, 5.41) is 8.75. The molecule has 1 aromatic rings. The van der Waals surface area contributed by atoms with Gasteiger partial charge in [0.1, 0.15) is 0 Å². The lowest BCUT2D eigenvalue weighted by Gasteiger charge is -2.00. The number of hydrogen-bond acceptors (Lipinski definition) is 2. The van der Waals surface area contributed by atoms with Gasteiger partial charge in [-0.25, -0.2) is 9.63 Å². The van der Waals surface area contributed by atoms with E-state index in [1.54, 1.807) is 12.1 Å². The highest BCUT2D eigenvalue weighted by atomic mass is 16.6. The van der Waals surface area contributed by atoms with Gasteiger partial charge in [0.15, 0.2) is 5.69 Å². The second kappa shape index (κ2) is 6.98. The number of carboxylic acids is 1. The van der Waals surface area contributed by atoms with Crippen LogP contribution in [0.25, 0.3) is 0 Å². The van der Waals surface area contributed by atoms with Crippen LogP contribution in [0.5, 0.6) is 0 Å². The van der Waals surface area contributed by atoms with Crippen molar-refractivity contribution in [1.82, 2.24) is 0 Å². The van der Waals surface area contributed by atoms with Crippen molar-refractivity contribution in [1.29, 1.82) is 0 Å². The third-order valence-electron chi connectivity index (χ3n) is 1.60. The van der Waals surface area contributed by atoms with Gasteiger partial charge in [0, 0.05) is 12.1 Å². The van der Waals surface area contributed by atoms with Gasteiger partial charge < -0.3 is 5.11 Å². The maximum atomic E-state index is 10.7. The largest absolute Gasteiger partial charge is 0.478 e. The molecule has 4 nitrogen and oxygen atoms in total. The Morgan fingerprint density at radius 1 is 1.33 bits per heavy atom. The number of carboxylic acid groups (broad SMARTS) is 1. The lowest BCUT2D eigenvalue weighted by atomic mass is 10.1. The van der Waals surface area contributed by atoms with Gasteiger partial charge >= 0.3 is 5.97 Å². The van der Waals surface area contributed by atoms with E-state index in [1.165, 1.54) is 12.6 Å². The molecule has 0 unspecified atom stereocenters. The highest BCUT2D eigenvalue weighted by Crippen LogP contribution is 2.09. The monoisotopic (exact) mass is 212 g/mol. The van der Waals surface area contributed by atoms with Crippen molar-refractivity contribution in [3.8, 4) is 0 Å². The lowest BCUT2D eigenvalue weighted by molar-refractivity contribution is -0.830. The fourth-order valence-electron chi connectivity index (χ4n) is 1.14. The molecule has 1 aromatic carbocycles. The zero-order valence-corrected chi connectivity index (χ0v) is 9.57. The summed E-state index contributed by atoms with van der Waals surface area (Å²) in [6.07, 6.45) is 0. The summed E-state index contributed by atoms with van der Waals surface area (Å²) in [5.74, 6) is -0.922. The molecule has 0 saturated carbocycles. The van der Waals surface area contributed by atoms with E-state index in [9.17, 15) is 4.79 Å². The van der Waals surface area contributed by atoms with Crippen molar-refractivity contribution in [3.05, 3.63) is 29.3 Å². The van der Waals surface area contributed by atoms with Crippen molar-refractivity contribution >= 4 is 11.7 Å². The van der Waals surface area contributed by atoms with Crippen LogP contribution in [0.3, 0.4) is 0 Å². The quantitative estimate of drug-likeness (QED) is 0.589. The first-order chi connectivity index (χ1) is 7.13. The number of aromatic carboxylic acids is 1. The molecule has 0 heterocycles. The number of quaternary nitrogens is 1. The van der Waals surface area contributed by atoms with E-state index in [0.717, 1.165) is 11.3 Å². The molecule has 0 saturated heterocycles. The van der Waals surface area contributed by atoms with E-state index < -0.39 is 5.97 Å². The topological polar surface area (TPSA) is 63.1 Å². The molecular weight excluding hydrogens is 194 g/mol. The van der Waals surface area contributed by atoms with Crippen molar-refractivity contribution in [2.75, 3.05) is 7.11 Å². The Kier molecular flexibility index (Phi) is 6.33. The molecule has 15 heavy (non-hydrogen) atoms. The summed E-state index contributed by atoms with van der Waals surface area (Å²) < 4.78 is 0. The zero-order chi connectivity index (χ0) is 11.8. The molecule has 4 heteroatoms. The molecule has 0 radical (unpaired) electrons. The Labute approximate surface area is 89.8 Å². The Hall–Kier alpha value is -1.39. The van der Waals surface area contributed by atoms with E-state index >= 15 is 0 Å². The number of carbonyl (C=O) groups is 1. The highest BCUT2D eigenvalue weighted by molar-refractivity contribution is 5.88. The summed E-state index contributed by atoms with van der Waals surface area (Å²) in [5.41, 5.74) is 3.46. The van der Waals surface area contributed by atoms with Crippen molar-refractivity contribution in [2.45, 2.75) is 20.8 Å². The van der Waals surface area contributed by atoms with E-state index in [2.05, 4.69) is 0 Å². The van der Waals surface area contributed by atoms with Crippen LogP contribution in [0, 0.1) is 6.92 Å². The fraction of sp³-hybridized carbons (Fsp3) is 0.364. The van der Waals surface area contributed by atoms with Crippen LogP contribution >= 0.6 is 0 Å². The molecule has 84 valence electrons. The highest BCUT2D eigenvalue weighted by Gasteiger charge is 2.07. The first kappa shape index (κ1) is 13.6. The van der Waals surface area contributed by atoms with Crippen LogP contribution in [0.4, 0.5) is 5.69 Å².